The summed E-state index contributed by atoms with van der Waals surface area (Å²) in [6.45, 7) is 1.55. The van der Waals surface area contributed by atoms with Crippen molar-refractivity contribution in [3.8, 4) is 0 Å². The van der Waals surface area contributed by atoms with Gasteiger partial charge in [-0.2, -0.15) is 0 Å². The van der Waals surface area contributed by atoms with Gasteiger partial charge in [-0.25, -0.2) is 0 Å². The van der Waals surface area contributed by atoms with Crippen LogP contribution in [-0.4, -0.2) is 32.7 Å². The molecule has 0 radical (unpaired) electrons. The zero-order valence-corrected chi connectivity index (χ0v) is 11.6. The molecule has 0 saturated heterocycles. The van der Waals surface area contributed by atoms with Gasteiger partial charge in [0, 0.05) is 31.6 Å². The molecule has 0 aliphatic carbocycles. The molecule has 0 heterocycles. The Morgan fingerprint density at radius 2 is 2.11 bits per heavy atom. The summed E-state index contributed by atoms with van der Waals surface area (Å²) in [6.07, 6.45) is 0.378. The van der Waals surface area contributed by atoms with Crippen LogP contribution >= 0.6 is 23.2 Å². The summed E-state index contributed by atoms with van der Waals surface area (Å²) in [6, 6.07) is 5.19. The summed E-state index contributed by atoms with van der Waals surface area (Å²) in [5, 5.41) is 6.94. The lowest BCUT2D eigenvalue weighted by atomic mass is 10.3. The second kappa shape index (κ2) is 8.19. The van der Waals surface area contributed by atoms with E-state index in [0.717, 1.165) is 5.69 Å². The summed E-state index contributed by atoms with van der Waals surface area (Å²) in [7, 11) is 1.59. The third-order valence-corrected chi connectivity index (χ3v) is 2.77. The Balaban J connectivity index is 2.26. The number of benzene rings is 1. The molecule has 6 heteroatoms. The van der Waals surface area contributed by atoms with Crippen molar-refractivity contribution in [2.24, 2.45) is 0 Å². The molecule has 4 nitrogen and oxygen atoms in total. The van der Waals surface area contributed by atoms with Gasteiger partial charge < -0.3 is 15.4 Å². The number of halogens is 2. The summed E-state index contributed by atoms with van der Waals surface area (Å²) in [5.74, 6) is -0.0235. The Bertz CT molecular complexity index is 400. The van der Waals surface area contributed by atoms with Gasteiger partial charge >= 0.3 is 0 Å². The van der Waals surface area contributed by atoms with Crippen LogP contribution in [0.25, 0.3) is 0 Å². The van der Waals surface area contributed by atoms with Gasteiger partial charge in [0.15, 0.2) is 0 Å². The molecule has 0 aliphatic rings. The second-order valence-corrected chi connectivity index (χ2v) is 4.49. The predicted octanol–water partition coefficient (Wildman–Crippen LogP) is 2.56. The smallest absolute Gasteiger partial charge is 0.221 e. The first-order chi connectivity index (χ1) is 8.63. The monoisotopic (exact) mass is 290 g/mol. The minimum absolute atomic E-state index is 0.0235. The van der Waals surface area contributed by atoms with Crippen LogP contribution < -0.4 is 10.6 Å². The summed E-state index contributed by atoms with van der Waals surface area (Å²) in [4.78, 5) is 11.4. The largest absolute Gasteiger partial charge is 0.383 e. The van der Waals surface area contributed by atoms with Crippen LogP contribution in [-0.2, 0) is 9.53 Å². The van der Waals surface area contributed by atoms with E-state index in [-0.39, 0.29) is 5.91 Å². The molecule has 1 aromatic rings. The van der Waals surface area contributed by atoms with Crippen molar-refractivity contribution >= 4 is 34.8 Å². The minimum atomic E-state index is -0.0235. The first kappa shape index (κ1) is 15.1. The number of ether oxygens (including phenoxy) is 1. The number of carbonyl (C=O) groups excluding carboxylic acids is 1. The van der Waals surface area contributed by atoms with E-state index in [1.807, 2.05) is 0 Å². The van der Waals surface area contributed by atoms with Crippen LogP contribution in [0.15, 0.2) is 18.2 Å². The molecule has 0 fully saturated rings. The molecule has 0 unspecified atom stereocenters. The number of carbonyl (C=O) groups is 1. The molecule has 0 aromatic heterocycles. The molecule has 0 bridgehead atoms. The van der Waals surface area contributed by atoms with E-state index in [0.29, 0.717) is 36.2 Å². The maximum atomic E-state index is 11.4. The molecular formula is C12H16Cl2N2O2. The highest BCUT2D eigenvalue weighted by Crippen LogP contribution is 2.25. The van der Waals surface area contributed by atoms with E-state index in [2.05, 4.69) is 10.6 Å². The molecule has 100 valence electrons. The predicted molar refractivity (Wildman–Crippen MR) is 74.5 cm³/mol. The lowest BCUT2D eigenvalue weighted by molar-refractivity contribution is -0.121. The summed E-state index contributed by atoms with van der Waals surface area (Å²) < 4.78 is 4.83. The fourth-order valence-electron chi connectivity index (χ4n) is 1.32. The van der Waals surface area contributed by atoms with Crippen LogP contribution in [0.5, 0.6) is 0 Å². The van der Waals surface area contributed by atoms with Crippen molar-refractivity contribution in [2.75, 3.05) is 32.1 Å². The average molecular weight is 291 g/mol. The minimum Gasteiger partial charge on any atom is -0.383 e. The number of hydrogen-bond donors (Lipinski definition) is 2. The Morgan fingerprint density at radius 3 is 2.78 bits per heavy atom. The Morgan fingerprint density at radius 1 is 1.33 bits per heavy atom. The maximum Gasteiger partial charge on any atom is 0.221 e. The highest BCUT2D eigenvalue weighted by atomic mass is 35.5. The highest BCUT2D eigenvalue weighted by Gasteiger charge is 2.03. The summed E-state index contributed by atoms with van der Waals surface area (Å²) >= 11 is 11.8. The van der Waals surface area contributed by atoms with Gasteiger partial charge in [-0.1, -0.05) is 23.2 Å². The standard InChI is InChI=1S/C12H16Cl2N2O2/c1-18-7-6-16-12(17)4-5-15-11-3-2-9(13)8-10(11)14/h2-3,8,15H,4-7H2,1H3,(H,16,17). The van der Waals surface area contributed by atoms with Gasteiger partial charge in [0.25, 0.3) is 0 Å². The first-order valence-corrected chi connectivity index (χ1v) is 6.33. The van der Waals surface area contributed by atoms with E-state index < -0.39 is 0 Å². The van der Waals surface area contributed by atoms with Gasteiger partial charge in [0.05, 0.1) is 17.3 Å². The zero-order chi connectivity index (χ0) is 13.4. The number of nitrogens with one attached hydrogen (secondary N) is 2. The lowest BCUT2D eigenvalue weighted by Crippen LogP contribution is -2.28. The van der Waals surface area contributed by atoms with E-state index in [1.54, 1.807) is 25.3 Å². The molecule has 0 spiro atoms. The topological polar surface area (TPSA) is 50.4 Å². The lowest BCUT2D eigenvalue weighted by Gasteiger charge is -2.09. The van der Waals surface area contributed by atoms with E-state index in [1.165, 1.54) is 0 Å². The van der Waals surface area contributed by atoms with Gasteiger partial charge in [-0.05, 0) is 18.2 Å². The first-order valence-electron chi connectivity index (χ1n) is 5.58. The third kappa shape index (κ3) is 5.58. The molecule has 0 saturated carbocycles. The highest BCUT2D eigenvalue weighted by molar-refractivity contribution is 6.36. The molecule has 1 aromatic carbocycles. The van der Waals surface area contributed by atoms with Gasteiger partial charge in [0.1, 0.15) is 0 Å². The SMILES string of the molecule is COCCNC(=O)CCNc1ccc(Cl)cc1Cl. The quantitative estimate of drug-likeness (QED) is 0.759. The molecule has 1 amide bonds. The fourth-order valence-corrected chi connectivity index (χ4v) is 1.80. The number of amides is 1. The maximum absolute atomic E-state index is 11.4. The van der Waals surface area contributed by atoms with Crippen LogP contribution in [0.2, 0.25) is 10.0 Å². The number of rotatable bonds is 7. The van der Waals surface area contributed by atoms with E-state index in [9.17, 15) is 4.79 Å². The van der Waals surface area contributed by atoms with Crippen LogP contribution in [0.3, 0.4) is 0 Å². The van der Waals surface area contributed by atoms with Crippen molar-refractivity contribution in [2.45, 2.75) is 6.42 Å². The third-order valence-electron chi connectivity index (χ3n) is 2.23. The Kier molecular flexibility index (Phi) is 6.86. The Hall–Kier alpha value is -0.970. The van der Waals surface area contributed by atoms with Crippen molar-refractivity contribution in [3.05, 3.63) is 28.2 Å². The van der Waals surface area contributed by atoms with E-state index in [4.69, 9.17) is 27.9 Å². The van der Waals surface area contributed by atoms with Gasteiger partial charge in [-0.15, -0.1) is 0 Å². The number of anilines is 1. The zero-order valence-electron chi connectivity index (χ0n) is 10.1. The van der Waals surface area contributed by atoms with E-state index >= 15 is 0 Å². The number of hydrogen-bond acceptors (Lipinski definition) is 3. The van der Waals surface area contributed by atoms with Gasteiger partial charge in [0.2, 0.25) is 5.91 Å². The summed E-state index contributed by atoms with van der Waals surface area (Å²) in [5.41, 5.74) is 0.769. The Labute approximate surface area is 117 Å². The van der Waals surface area contributed by atoms with Crippen LogP contribution in [0.4, 0.5) is 5.69 Å². The van der Waals surface area contributed by atoms with Gasteiger partial charge in [-0.3, -0.25) is 4.79 Å². The van der Waals surface area contributed by atoms with Crippen LogP contribution in [0.1, 0.15) is 6.42 Å². The fraction of sp³-hybridized carbons (Fsp3) is 0.417. The van der Waals surface area contributed by atoms with Crippen molar-refractivity contribution in [1.29, 1.82) is 0 Å². The molecule has 0 atom stereocenters. The van der Waals surface area contributed by atoms with Crippen molar-refractivity contribution in [1.82, 2.24) is 5.32 Å². The van der Waals surface area contributed by atoms with Crippen molar-refractivity contribution < 1.29 is 9.53 Å². The second-order valence-electron chi connectivity index (χ2n) is 3.64. The average Bonchev–Trinajstić information content (AvgIpc) is 2.32. The molecule has 1 rings (SSSR count). The molecule has 0 aliphatic heterocycles. The molecule has 18 heavy (non-hydrogen) atoms. The van der Waals surface area contributed by atoms with Crippen molar-refractivity contribution in [3.63, 3.8) is 0 Å². The molecule has 2 N–H and O–H groups in total. The van der Waals surface area contributed by atoms with Crippen LogP contribution in [0, 0.1) is 0 Å². The number of methoxy groups -OCH3 is 1. The molecular weight excluding hydrogens is 275 g/mol. The normalized spacial score (nSPS) is 10.2.